The Hall–Kier alpha value is -2.36. The van der Waals surface area contributed by atoms with Crippen LogP contribution in [0.5, 0.6) is 5.75 Å². The first-order valence-electron chi connectivity index (χ1n) is 10.5. The van der Waals surface area contributed by atoms with Gasteiger partial charge in [0, 0.05) is 18.8 Å². The summed E-state index contributed by atoms with van der Waals surface area (Å²) in [4.78, 5) is 10.5. The van der Waals surface area contributed by atoms with Gasteiger partial charge in [0.15, 0.2) is 0 Å². The number of hydrogen-bond donors (Lipinski definition) is 4. The van der Waals surface area contributed by atoms with E-state index >= 15 is 0 Å². The van der Waals surface area contributed by atoms with E-state index in [2.05, 4.69) is 0 Å². The molecule has 0 heterocycles. The Labute approximate surface area is 184 Å². The monoisotopic (exact) mass is 458 g/mol. The number of unbranched alkanes of at least 4 members (excludes halogenated alkanes) is 1. The molecule has 0 aromatic heterocycles. The van der Waals surface area contributed by atoms with Crippen molar-refractivity contribution in [1.82, 2.24) is 0 Å². The Balaban J connectivity index is 1.87. The zero-order chi connectivity index (χ0) is 23.7. The molecule has 4 N–H and O–H groups in total. The van der Waals surface area contributed by atoms with Crippen molar-refractivity contribution in [2.75, 3.05) is 6.61 Å². The first-order valence-corrected chi connectivity index (χ1v) is 10.5. The Kier molecular flexibility index (Phi) is 9.74. The second kappa shape index (κ2) is 12.0. The minimum Gasteiger partial charge on any atom is -0.491 e. The van der Waals surface area contributed by atoms with Gasteiger partial charge in [0.1, 0.15) is 18.5 Å². The number of hydrogen-bond acceptors (Lipinski definition) is 5. The number of allylic oxidation sites excluding steroid dienone is 2. The fourth-order valence-electron chi connectivity index (χ4n) is 3.70. The Morgan fingerprint density at radius 3 is 2.66 bits per heavy atom. The maximum Gasteiger partial charge on any atom is 0.416 e. The molecule has 2 rings (SSSR count). The SMILES string of the molecule is O=C(O)CCC/C=C\C[C@@H]1C(/C=C/[C@@H](O)COc2cccc(C(F)(F)F)c2)C(O)C[C@@H]1O. The zero-order valence-electron chi connectivity index (χ0n) is 17.5. The van der Waals surface area contributed by atoms with Crippen molar-refractivity contribution in [3.63, 3.8) is 0 Å². The molecule has 0 saturated heterocycles. The number of carbonyl (C=O) groups is 1. The summed E-state index contributed by atoms with van der Waals surface area (Å²) in [5.41, 5.74) is -0.845. The van der Waals surface area contributed by atoms with Crippen LogP contribution >= 0.6 is 0 Å². The maximum absolute atomic E-state index is 12.8. The molecule has 0 spiro atoms. The molecule has 1 aliphatic rings. The van der Waals surface area contributed by atoms with Gasteiger partial charge in [-0.25, -0.2) is 0 Å². The minimum absolute atomic E-state index is 0.0190. The van der Waals surface area contributed by atoms with E-state index in [1.165, 1.54) is 18.2 Å². The average molecular weight is 458 g/mol. The third-order valence-corrected chi connectivity index (χ3v) is 5.39. The molecular formula is C23H29F3O6. The summed E-state index contributed by atoms with van der Waals surface area (Å²) in [7, 11) is 0. The van der Waals surface area contributed by atoms with Gasteiger partial charge >= 0.3 is 12.1 Å². The number of carboxylic acids is 1. The highest BCUT2D eigenvalue weighted by Crippen LogP contribution is 2.36. The second-order valence-corrected chi connectivity index (χ2v) is 7.89. The summed E-state index contributed by atoms with van der Waals surface area (Å²) in [5.74, 6) is -1.55. The molecular weight excluding hydrogens is 429 g/mol. The smallest absolute Gasteiger partial charge is 0.416 e. The quantitative estimate of drug-likeness (QED) is 0.298. The number of aliphatic hydroxyl groups excluding tert-OH is 3. The lowest BCUT2D eigenvalue weighted by Gasteiger charge is -2.19. The summed E-state index contributed by atoms with van der Waals surface area (Å²) >= 11 is 0. The van der Waals surface area contributed by atoms with E-state index in [0.717, 1.165) is 12.1 Å². The van der Waals surface area contributed by atoms with E-state index in [1.807, 2.05) is 12.2 Å². The van der Waals surface area contributed by atoms with E-state index < -0.39 is 41.9 Å². The van der Waals surface area contributed by atoms with Gasteiger partial charge in [-0.1, -0.05) is 30.4 Å². The van der Waals surface area contributed by atoms with Crippen LogP contribution in [-0.2, 0) is 11.0 Å². The van der Waals surface area contributed by atoms with Crippen molar-refractivity contribution in [2.45, 2.75) is 56.6 Å². The van der Waals surface area contributed by atoms with Crippen LogP contribution in [-0.4, -0.2) is 51.3 Å². The first-order chi connectivity index (χ1) is 15.1. The second-order valence-electron chi connectivity index (χ2n) is 7.89. The molecule has 1 aromatic rings. The third kappa shape index (κ3) is 8.29. The van der Waals surface area contributed by atoms with Crippen LogP contribution in [0, 0.1) is 11.8 Å². The number of rotatable bonds is 11. The molecule has 0 aliphatic heterocycles. The lowest BCUT2D eigenvalue weighted by molar-refractivity contribution is -0.138. The van der Waals surface area contributed by atoms with E-state index in [1.54, 1.807) is 6.08 Å². The number of alkyl halides is 3. The number of aliphatic hydroxyl groups is 3. The largest absolute Gasteiger partial charge is 0.491 e. The molecule has 9 heteroatoms. The van der Waals surface area contributed by atoms with Crippen LogP contribution in [0.3, 0.4) is 0 Å². The van der Waals surface area contributed by atoms with Crippen molar-refractivity contribution >= 4 is 5.97 Å². The molecule has 1 aromatic carbocycles. The standard InChI is InChI=1S/C23H29F3O6/c24-23(25,26)15-6-5-7-17(12-15)32-14-16(27)10-11-19-18(20(28)13-21(19)29)8-3-1-2-4-9-22(30)31/h1,3,5-7,10-12,16,18-21,27-29H,2,4,8-9,13-14H2,(H,30,31)/b3-1-,11-10+/t16-,18-,19?,20+,21?/m1/s1. The predicted octanol–water partition coefficient (Wildman–Crippen LogP) is 3.56. The number of halogens is 3. The van der Waals surface area contributed by atoms with Gasteiger partial charge in [-0.3, -0.25) is 4.79 Å². The number of ether oxygens (including phenoxy) is 1. The van der Waals surface area contributed by atoms with Crippen LogP contribution in [0.25, 0.3) is 0 Å². The molecule has 0 radical (unpaired) electrons. The molecule has 0 amide bonds. The van der Waals surface area contributed by atoms with E-state index in [9.17, 15) is 33.3 Å². The molecule has 0 bridgehead atoms. The molecule has 5 atom stereocenters. The Morgan fingerprint density at radius 2 is 1.97 bits per heavy atom. The highest BCUT2D eigenvalue weighted by atomic mass is 19.4. The van der Waals surface area contributed by atoms with E-state index in [-0.39, 0.29) is 31.1 Å². The summed E-state index contributed by atoms with van der Waals surface area (Å²) in [6.45, 7) is -0.267. The van der Waals surface area contributed by atoms with Gasteiger partial charge in [0.2, 0.25) is 0 Å². The van der Waals surface area contributed by atoms with Crippen LogP contribution < -0.4 is 4.74 Å². The topological polar surface area (TPSA) is 107 Å². The Bertz CT molecular complexity index is 792. The van der Waals surface area contributed by atoms with E-state index in [4.69, 9.17) is 9.84 Å². The number of aliphatic carboxylic acids is 1. The first kappa shape index (κ1) is 25.9. The lowest BCUT2D eigenvalue weighted by atomic mass is 9.89. The highest BCUT2D eigenvalue weighted by molar-refractivity contribution is 5.66. The summed E-state index contributed by atoms with van der Waals surface area (Å²) in [6, 6.07) is 4.36. The summed E-state index contributed by atoms with van der Waals surface area (Å²) < 4.78 is 43.5. The van der Waals surface area contributed by atoms with Gasteiger partial charge in [0.05, 0.1) is 17.8 Å². The fourth-order valence-corrected chi connectivity index (χ4v) is 3.70. The van der Waals surface area contributed by atoms with Crippen molar-refractivity contribution in [3.8, 4) is 5.75 Å². The van der Waals surface area contributed by atoms with Crippen LogP contribution in [0.2, 0.25) is 0 Å². The van der Waals surface area contributed by atoms with Crippen molar-refractivity contribution in [1.29, 1.82) is 0 Å². The third-order valence-electron chi connectivity index (χ3n) is 5.39. The van der Waals surface area contributed by atoms with Crippen LogP contribution in [0.15, 0.2) is 48.6 Å². The average Bonchev–Trinajstić information content (AvgIpc) is 2.99. The molecule has 1 fully saturated rings. The van der Waals surface area contributed by atoms with Crippen LogP contribution in [0.1, 0.15) is 37.7 Å². The normalized spacial score (nSPS) is 24.9. The van der Waals surface area contributed by atoms with Gasteiger partial charge in [-0.2, -0.15) is 13.2 Å². The van der Waals surface area contributed by atoms with Crippen LogP contribution in [0.4, 0.5) is 13.2 Å². The highest BCUT2D eigenvalue weighted by Gasteiger charge is 2.39. The molecule has 1 saturated carbocycles. The number of benzene rings is 1. The number of carboxylic acid groups (broad SMARTS) is 1. The summed E-state index contributed by atoms with van der Waals surface area (Å²) in [5, 5.41) is 39.2. The van der Waals surface area contributed by atoms with Gasteiger partial charge in [0.25, 0.3) is 0 Å². The maximum atomic E-state index is 12.8. The van der Waals surface area contributed by atoms with Gasteiger partial charge in [-0.05, 0) is 43.4 Å². The van der Waals surface area contributed by atoms with Crippen molar-refractivity contribution in [2.24, 2.45) is 11.8 Å². The van der Waals surface area contributed by atoms with Crippen molar-refractivity contribution in [3.05, 3.63) is 54.1 Å². The fraction of sp³-hybridized carbons (Fsp3) is 0.522. The van der Waals surface area contributed by atoms with E-state index in [0.29, 0.717) is 19.3 Å². The molecule has 178 valence electrons. The molecule has 32 heavy (non-hydrogen) atoms. The zero-order valence-corrected chi connectivity index (χ0v) is 17.5. The molecule has 1 aliphatic carbocycles. The minimum atomic E-state index is -4.49. The van der Waals surface area contributed by atoms with Gasteiger partial charge in [-0.15, -0.1) is 0 Å². The molecule has 6 nitrogen and oxygen atoms in total. The van der Waals surface area contributed by atoms with Crippen molar-refractivity contribution < 1.29 is 43.1 Å². The lowest BCUT2D eigenvalue weighted by Crippen LogP contribution is -2.21. The Morgan fingerprint density at radius 1 is 1.22 bits per heavy atom. The van der Waals surface area contributed by atoms with Gasteiger partial charge < -0.3 is 25.2 Å². The molecule has 2 unspecified atom stereocenters. The predicted molar refractivity (Wildman–Crippen MR) is 111 cm³/mol. The summed E-state index contributed by atoms with van der Waals surface area (Å²) in [6.07, 6.45) is 1.48.